The van der Waals surface area contributed by atoms with Crippen molar-refractivity contribution in [1.82, 2.24) is 20.4 Å². The molecule has 6 rings (SSSR count). The molecule has 0 bridgehead atoms. The highest BCUT2D eigenvalue weighted by molar-refractivity contribution is 5.97. The van der Waals surface area contributed by atoms with E-state index in [0.29, 0.717) is 52.6 Å². The van der Waals surface area contributed by atoms with E-state index >= 15 is 0 Å². The molecule has 1 N–H and O–H groups in total. The topological polar surface area (TPSA) is 119 Å². The van der Waals surface area contributed by atoms with Crippen molar-refractivity contribution in [1.29, 1.82) is 10.5 Å². The van der Waals surface area contributed by atoms with Crippen LogP contribution >= 0.6 is 0 Å². The van der Waals surface area contributed by atoms with Crippen LogP contribution < -0.4 is 5.32 Å². The standard InChI is InChI=1S/C32H28N6O2/c33-19-22-10-4-5-12-27(22)23-16-24(18-25(17-23)32(39)38-15-7-11-26(38)20-34)30-36-37-31(40-30)29-28(13-6-14-35-29)21-8-2-1-3-9-21/h1-5,8-10,12,16-18,26,28-29,35H,6-7,11,13-15H2/t26-,28?,29?/m1/s1. The number of likely N-dealkylation sites (tertiary alicyclic amines) is 1. The summed E-state index contributed by atoms with van der Waals surface area (Å²) < 4.78 is 6.28. The smallest absolute Gasteiger partial charge is 0.254 e. The summed E-state index contributed by atoms with van der Waals surface area (Å²) in [5.41, 5.74) is 4.13. The molecule has 3 atom stereocenters. The lowest BCUT2D eigenvalue weighted by atomic mass is 9.85. The molecule has 0 spiro atoms. The maximum atomic E-state index is 13.6. The van der Waals surface area contributed by atoms with Crippen molar-refractivity contribution in [3.05, 3.63) is 95.4 Å². The molecule has 40 heavy (non-hydrogen) atoms. The largest absolute Gasteiger partial charge is 0.419 e. The Hall–Kier alpha value is -4.79. The molecule has 3 aromatic carbocycles. The molecule has 2 aliphatic rings. The predicted molar refractivity (Wildman–Crippen MR) is 149 cm³/mol. The minimum atomic E-state index is -0.451. The predicted octanol–water partition coefficient (Wildman–Crippen LogP) is 5.61. The van der Waals surface area contributed by atoms with Crippen molar-refractivity contribution < 1.29 is 9.21 Å². The summed E-state index contributed by atoms with van der Waals surface area (Å²) in [6.07, 6.45) is 3.52. The van der Waals surface area contributed by atoms with Crippen molar-refractivity contribution in [3.63, 3.8) is 0 Å². The van der Waals surface area contributed by atoms with E-state index in [9.17, 15) is 15.3 Å². The first-order valence-corrected chi connectivity index (χ1v) is 13.6. The van der Waals surface area contributed by atoms with Crippen LogP contribution in [0.1, 0.15) is 65.0 Å². The van der Waals surface area contributed by atoms with Gasteiger partial charge in [-0.05, 0) is 73.2 Å². The summed E-state index contributed by atoms with van der Waals surface area (Å²) >= 11 is 0. The van der Waals surface area contributed by atoms with Crippen LogP contribution in [0.15, 0.2) is 77.2 Å². The Balaban J connectivity index is 1.41. The van der Waals surface area contributed by atoms with Gasteiger partial charge in [0.1, 0.15) is 6.04 Å². The molecule has 2 aliphatic heterocycles. The zero-order valence-corrected chi connectivity index (χ0v) is 22.0. The Morgan fingerprint density at radius 1 is 0.950 bits per heavy atom. The summed E-state index contributed by atoms with van der Waals surface area (Å²) in [7, 11) is 0. The number of aromatic nitrogens is 2. The number of amides is 1. The average molecular weight is 529 g/mol. The third-order valence-corrected chi connectivity index (χ3v) is 7.84. The number of piperidine rings is 1. The number of carbonyl (C=O) groups is 1. The Morgan fingerprint density at radius 2 is 1.75 bits per heavy atom. The number of nitrogens with one attached hydrogen (secondary N) is 1. The normalized spacial score (nSPS) is 20.6. The van der Waals surface area contributed by atoms with Gasteiger partial charge in [-0.15, -0.1) is 10.2 Å². The number of benzene rings is 3. The zero-order valence-electron chi connectivity index (χ0n) is 22.0. The molecule has 1 aromatic heterocycles. The van der Waals surface area contributed by atoms with E-state index in [1.165, 1.54) is 5.56 Å². The maximum Gasteiger partial charge on any atom is 0.254 e. The molecule has 198 valence electrons. The minimum absolute atomic E-state index is 0.123. The van der Waals surface area contributed by atoms with Crippen molar-refractivity contribution in [2.45, 2.75) is 43.7 Å². The van der Waals surface area contributed by atoms with Gasteiger partial charge >= 0.3 is 0 Å². The summed E-state index contributed by atoms with van der Waals surface area (Å²) in [5.74, 6) is 0.785. The summed E-state index contributed by atoms with van der Waals surface area (Å²) in [5, 5.41) is 31.7. The van der Waals surface area contributed by atoms with E-state index in [-0.39, 0.29) is 17.9 Å². The lowest BCUT2D eigenvalue weighted by Crippen LogP contribution is -2.34. The number of carbonyl (C=O) groups excluding carboxylic acids is 1. The summed E-state index contributed by atoms with van der Waals surface area (Å²) in [6.45, 7) is 1.39. The molecule has 0 saturated carbocycles. The van der Waals surface area contributed by atoms with E-state index in [0.717, 1.165) is 25.8 Å². The van der Waals surface area contributed by atoms with Gasteiger partial charge in [0, 0.05) is 23.6 Å². The Kier molecular flexibility index (Phi) is 7.09. The molecule has 4 aromatic rings. The highest BCUT2D eigenvalue weighted by Crippen LogP contribution is 2.38. The number of hydrogen-bond acceptors (Lipinski definition) is 7. The SMILES string of the molecule is N#Cc1ccccc1-c1cc(C(=O)N2CCC[C@@H]2C#N)cc(-c2nnc(C3NCCCC3c3ccccc3)o2)c1. The second-order valence-electron chi connectivity index (χ2n) is 10.3. The van der Waals surface area contributed by atoms with Gasteiger partial charge in [-0.2, -0.15) is 10.5 Å². The first-order chi connectivity index (χ1) is 19.7. The second-order valence-corrected chi connectivity index (χ2v) is 10.3. The van der Waals surface area contributed by atoms with Crippen molar-refractivity contribution >= 4 is 5.91 Å². The molecule has 8 heteroatoms. The third kappa shape index (κ3) is 4.86. The van der Waals surface area contributed by atoms with Gasteiger partial charge in [0.25, 0.3) is 5.91 Å². The van der Waals surface area contributed by atoms with E-state index in [4.69, 9.17) is 4.42 Å². The lowest BCUT2D eigenvalue weighted by molar-refractivity contribution is 0.0765. The van der Waals surface area contributed by atoms with Gasteiger partial charge in [-0.3, -0.25) is 4.79 Å². The van der Waals surface area contributed by atoms with Crippen LogP contribution in [0.3, 0.4) is 0 Å². The Morgan fingerprint density at radius 3 is 2.58 bits per heavy atom. The first kappa shape index (κ1) is 25.5. The summed E-state index contributed by atoms with van der Waals surface area (Å²) in [6, 6.07) is 26.9. The van der Waals surface area contributed by atoms with Gasteiger partial charge in [-0.25, -0.2) is 0 Å². The van der Waals surface area contributed by atoms with E-state index in [1.807, 2.05) is 42.5 Å². The third-order valence-electron chi connectivity index (χ3n) is 7.84. The fourth-order valence-electron chi connectivity index (χ4n) is 5.86. The second kappa shape index (κ2) is 11.1. The van der Waals surface area contributed by atoms with Crippen LogP contribution in [0.5, 0.6) is 0 Å². The highest BCUT2D eigenvalue weighted by Gasteiger charge is 2.33. The van der Waals surface area contributed by atoms with Gasteiger partial charge in [0.2, 0.25) is 11.8 Å². The van der Waals surface area contributed by atoms with Crippen molar-refractivity contribution in [2.75, 3.05) is 13.1 Å². The minimum Gasteiger partial charge on any atom is -0.419 e. The number of nitriles is 2. The van der Waals surface area contributed by atoms with Gasteiger partial charge in [-0.1, -0.05) is 48.5 Å². The molecular formula is C32H28N6O2. The highest BCUT2D eigenvalue weighted by atomic mass is 16.4. The van der Waals surface area contributed by atoms with Crippen LogP contribution in [0.2, 0.25) is 0 Å². The van der Waals surface area contributed by atoms with Crippen LogP contribution in [0.4, 0.5) is 0 Å². The molecule has 0 radical (unpaired) electrons. The van der Waals surface area contributed by atoms with Crippen molar-refractivity contribution in [3.8, 4) is 34.7 Å². The van der Waals surface area contributed by atoms with Gasteiger partial charge < -0.3 is 14.6 Å². The van der Waals surface area contributed by atoms with E-state index < -0.39 is 6.04 Å². The molecule has 0 aliphatic carbocycles. The maximum absolute atomic E-state index is 13.6. The fourth-order valence-corrected chi connectivity index (χ4v) is 5.86. The number of rotatable bonds is 5. The monoisotopic (exact) mass is 528 g/mol. The first-order valence-electron chi connectivity index (χ1n) is 13.6. The Bertz CT molecular complexity index is 1620. The molecule has 2 saturated heterocycles. The molecular weight excluding hydrogens is 500 g/mol. The lowest BCUT2D eigenvalue weighted by Gasteiger charge is -2.30. The molecule has 2 fully saturated rings. The Labute approximate surface area is 232 Å². The van der Waals surface area contributed by atoms with Crippen molar-refractivity contribution in [2.24, 2.45) is 0 Å². The fraction of sp³-hybridized carbons (Fsp3) is 0.281. The van der Waals surface area contributed by atoms with Gasteiger partial charge in [0.15, 0.2) is 0 Å². The molecule has 2 unspecified atom stereocenters. The van der Waals surface area contributed by atoms with Crippen LogP contribution in [0.25, 0.3) is 22.6 Å². The number of nitrogens with zero attached hydrogens (tertiary/aromatic N) is 5. The van der Waals surface area contributed by atoms with Crippen LogP contribution in [-0.2, 0) is 0 Å². The van der Waals surface area contributed by atoms with Crippen LogP contribution in [0, 0.1) is 22.7 Å². The number of hydrogen-bond donors (Lipinski definition) is 1. The van der Waals surface area contributed by atoms with E-state index in [2.05, 4.69) is 39.8 Å². The summed E-state index contributed by atoms with van der Waals surface area (Å²) in [4.78, 5) is 15.2. The van der Waals surface area contributed by atoms with Crippen LogP contribution in [-0.4, -0.2) is 40.1 Å². The molecule has 3 heterocycles. The average Bonchev–Trinajstić information content (AvgIpc) is 3.71. The van der Waals surface area contributed by atoms with E-state index in [1.54, 1.807) is 23.1 Å². The molecule has 8 nitrogen and oxygen atoms in total. The van der Waals surface area contributed by atoms with Gasteiger partial charge in [0.05, 0.1) is 23.7 Å². The quantitative estimate of drug-likeness (QED) is 0.357. The zero-order chi connectivity index (χ0) is 27.5. The molecule has 1 amide bonds.